The largest absolute Gasteiger partial charge is 0.416 e. The number of ether oxygens (including phenoxy) is 1. The summed E-state index contributed by atoms with van der Waals surface area (Å²) in [6, 6.07) is 7.12. The summed E-state index contributed by atoms with van der Waals surface area (Å²) in [6.07, 6.45) is -1.26. The van der Waals surface area contributed by atoms with E-state index < -0.39 is 21.8 Å². The minimum atomic E-state index is -4.54. The first kappa shape index (κ1) is 24.4. The van der Waals surface area contributed by atoms with Crippen LogP contribution in [0.2, 0.25) is 0 Å². The van der Waals surface area contributed by atoms with Gasteiger partial charge in [-0.15, -0.1) is 0 Å². The first-order valence-corrected chi connectivity index (χ1v) is 12.4. The lowest BCUT2D eigenvalue weighted by atomic mass is 10.1. The Balaban J connectivity index is 1.34. The van der Waals surface area contributed by atoms with Crippen LogP contribution in [0.3, 0.4) is 0 Å². The van der Waals surface area contributed by atoms with Crippen molar-refractivity contribution < 1.29 is 31.1 Å². The molecule has 2 saturated heterocycles. The molecule has 0 unspecified atom stereocenters. The first-order chi connectivity index (χ1) is 16.1. The van der Waals surface area contributed by atoms with Crippen LogP contribution in [0.1, 0.15) is 28.8 Å². The van der Waals surface area contributed by atoms with E-state index in [1.165, 1.54) is 10.5 Å². The highest BCUT2D eigenvalue weighted by Gasteiger charge is 2.33. The molecule has 0 radical (unpaired) electrons. The van der Waals surface area contributed by atoms with E-state index in [2.05, 4.69) is 10.3 Å². The fraction of sp³-hybridized carbons (Fsp3) is 0.455. The van der Waals surface area contributed by atoms with Gasteiger partial charge >= 0.3 is 6.18 Å². The molecule has 2 aromatic rings. The number of anilines is 1. The number of carbonyl (C=O) groups is 1. The number of nitrogens with zero attached hydrogens (tertiary/aromatic N) is 3. The van der Waals surface area contributed by atoms with Crippen LogP contribution >= 0.6 is 0 Å². The second-order valence-corrected chi connectivity index (χ2v) is 10.1. The van der Waals surface area contributed by atoms with Crippen molar-refractivity contribution in [3.8, 4) is 0 Å². The average molecular weight is 499 g/mol. The molecule has 0 atom stereocenters. The second kappa shape index (κ2) is 9.88. The molecule has 8 nitrogen and oxygen atoms in total. The summed E-state index contributed by atoms with van der Waals surface area (Å²) in [5.41, 5.74) is -0.513. The minimum Gasteiger partial charge on any atom is -0.381 e. The zero-order valence-corrected chi connectivity index (χ0v) is 19.1. The third-order valence-corrected chi connectivity index (χ3v) is 7.84. The Bertz CT molecular complexity index is 1090. The standard InChI is InChI=1S/C22H25F3N4O4S/c23-22(24,25)17-2-4-19(5-3-17)34(31,32)29-11-9-28(10-12-29)21(30)16-1-6-20(26-15-16)27-18-7-13-33-14-8-18/h1-6,15,18H,7-14H2,(H,26,27). The van der Waals surface area contributed by atoms with E-state index >= 15 is 0 Å². The fourth-order valence-electron chi connectivity index (χ4n) is 3.94. The van der Waals surface area contributed by atoms with E-state index in [4.69, 9.17) is 4.74 Å². The molecule has 2 aliphatic rings. The number of carbonyl (C=O) groups excluding carboxylic acids is 1. The van der Waals surface area contributed by atoms with Crippen molar-refractivity contribution in [2.75, 3.05) is 44.7 Å². The Labute approximate surface area is 195 Å². The van der Waals surface area contributed by atoms with Crippen molar-refractivity contribution in [1.82, 2.24) is 14.2 Å². The van der Waals surface area contributed by atoms with Crippen molar-refractivity contribution in [1.29, 1.82) is 0 Å². The smallest absolute Gasteiger partial charge is 0.381 e. The lowest BCUT2D eigenvalue weighted by molar-refractivity contribution is -0.137. The molecule has 1 N–H and O–H groups in total. The van der Waals surface area contributed by atoms with Crippen LogP contribution in [0, 0.1) is 0 Å². The molecular weight excluding hydrogens is 473 g/mol. The summed E-state index contributed by atoms with van der Waals surface area (Å²) in [4.78, 5) is 18.5. The summed E-state index contributed by atoms with van der Waals surface area (Å²) in [6.45, 7) is 1.84. The number of hydrogen-bond acceptors (Lipinski definition) is 6. The molecule has 2 aliphatic heterocycles. The number of pyridine rings is 1. The van der Waals surface area contributed by atoms with E-state index in [1.807, 2.05) is 0 Å². The topological polar surface area (TPSA) is 91.8 Å². The molecule has 34 heavy (non-hydrogen) atoms. The third-order valence-electron chi connectivity index (χ3n) is 5.93. The molecule has 0 saturated carbocycles. The van der Waals surface area contributed by atoms with Gasteiger partial charge in [0.25, 0.3) is 5.91 Å². The van der Waals surface area contributed by atoms with Gasteiger partial charge in [0.05, 0.1) is 16.0 Å². The van der Waals surface area contributed by atoms with Crippen molar-refractivity contribution in [2.24, 2.45) is 0 Å². The maximum Gasteiger partial charge on any atom is 0.416 e. The molecule has 184 valence electrons. The SMILES string of the molecule is O=C(c1ccc(NC2CCOCC2)nc1)N1CCN(S(=O)(=O)c2ccc(C(F)(F)F)cc2)CC1. The van der Waals surface area contributed by atoms with Gasteiger partial charge in [-0.1, -0.05) is 0 Å². The van der Waals surface area contributed by atoms with Crippen molar-refractivity contribution in [3.63, 3.8) is 0 Å². The molecule has 3 heterocycles. The molecule has 1 aromatic heterocycles. The summed E-state index contributed by atoms with van der Waals surface area (Å²) >= 11 is 0. The Morgan fingerprint density at radius 1 is 1.00 bits per heavy atom. The quantitative estimate of drug-likeness (QED) is 0.682. The highest BCUT2D eigenvalue weighted by molar-refractivity contribution is 7.89. The number of piperazine rings is 1. The fourth-order valence-corrected chi connectivity index (χ4v) is 5.36. The van der Waals surface area contributed by atoms with Gasteiger partial charge in [0.1, 0.15) is 5.82 Å². The van der Waals surface area contributed by atoms with Crippen molar-refractivity contribution >= 4 is 21.7 Å². The number of rotatable bonds is 5. The predicted octanol–water partition coefficient (Wildman–Crippen LogP) is 2.84. The Kier molecular flexibility index (Phi) is 7.10. The van der Waals surface area contributed by atoms with Crippen LogP contribution < -0.4 is 5.32 Å². The molecule has 0 aliphatic carbocycles. The van der Waals surface area contributed by atoms with Gasteiger partial charge in [0.15, 0.2) is 0 Å². The average Bonchev–Trinajstić information content (AvgIpc) is 2.84. The monoisotopic (exact) mass is 498 g/mol. The van der Waals surface area contributed by atoms with Gasteiger partial charge in [0, 0.05) is 51.6 Å². The number of alkyl halides is 3. The number of hydrogen-bond donors (Lipinski definition) is 1. The highest BCUT2D eigenvalue weighted by Crippen LogP contribution is 2.30. The zero-order chi connectivity index (χ0) is 24.3. The van der Waals surface area contributed by atoms with Crippen molar-refractivity contribution in [3.05, 3.63) is 53.7 Å². The normalized spacial score (nSPS) is 18.6. The van der Waals surface area contributed by atoms with Crippen molar-refractivity contribution in [2.45, 2.75) is 30.0 Å². The van der Waals surface area contributed by atoms with Gasteiger partial charge in [-0.3, -0.25) is 4.79 Å². The maximum atomic E-state index is 12.8. The third kappa shape index (κ3) is 5.50. The Morgan fingerprint density at radius 2 is 1.65 bits per heavy atom. The number of benzene rings is 1. The van der Waals surface area contributed by atoms with Crippen LogP contribution in [0.15, 0.2) is 47.5 Å². The first-order valence-electron chi connectivity index (χ1n) is 10.9. The predicted molar refractivity (Wildman–Crippen MR) is 118 cm³/mol. The summed E-state index contributed by atoms with van der Waals surface area (Å²) in [5, 5.41) is 3.32. The number of sulfonamides is 1. The molecule has 4 rings (SSSR count). The lowest BCUT2D eigenvalue weighted by Gasteiger charge is -2.34. The lowest BCUT2D eigenvalue weighted by Crippen LogP contribution is -2.50. The zero-order valence-electron chi connectivity index (χ0n) is 18.3. The summed E-state index contributed by atoms with van der Waals surface area (Å²) < 4.78 is 70.4. The van der Waals surface area contributed by atoms with E-state index in [-0.39, 0.29) is 43.0 Å². The van der Waals surface area contributed by atoms with Gasteiger partial charge in [-0.05, 0) is 49.2 Å². The van der Waals surface area contributed by atoms with E-state index in [0.29, 0.717) is 24.6 Å². The van der Waals surface area contributed by atoms with Gasteiger partial charge in [0.2, 0.25) is 10.0 Å². The molecular formula is C22H25F3N4O4S. The van der Waals surface area contributed by atoms with E-state index in [0.717, 1.165) is 37.1 Å². The van der Waals surface area contributed by atoms with E-state index in [9.17, 15) is 26.4 Å². The molecule has 1 aromatic carbocycles. The van der Waals surface area contributed by atoms with E-state index in [1.54, 1.807) is 17.0 Å². The van der Waals surface area contributed by atoms with Gasteiger partial charge < -0.3 is 15.0 Å². The molecule has 0 bridgehead atoms. The molecule has 0 spiro atoms. The number of aromatic nitrogens is 1. The summed E-state index contributed by atoms with van der Waals surface area (Å²) in [5.74, 6) is 0.424. The maximum absolute atomic E-state index is 12.8. The molecule has 12 heteroatoms. The van der Waals surface area contributed by atoms with Gasteiger partial charge in [-0.25, -0.2) is 13.4 Å². The number of nitrogens with one attached hydrogen (secondary N) is 1. The Morgan fingerprint density at radius 3 is 2.21 bits per heavy atom. The molecule has 2 fully saturated rings. The highest BCUT2D eigenvalue weighted by atomic mass is 32.2. The minimum absolute atomic E-state index is 0.0475. The van der Waals surface area contributed by atoms with Crippen LogP contribution in [0.25, 0.3) is 0 Å². The second-order valence-electron chi connectivity index (χ2n) is 8.18. The van der Waals surface area contributed by atoms with Crippen LogP contribution in [0.5, 0.6) is 0 Å². The van der Waals surface area contributed by atoms with Crippen LogP contribution in [-0.4, -0.2) is 73.9 Å². The van der Waals surface area contributed by atoms with Crippen LogP contribution in [0.4, 0.5) is 19.0 Å². The Hall–Kier alpha value is -2.70. The molecule has 1 amide bonds. The van der Waals surface area contributed by atoms with Crippen LogP contribution in [-0.2, 0) is 20.9 Å². The number of halogens is 3. The van der Waals surface area contributed by atoms with Gasteiger partial charge in [-0.2, -0.15) is 17.5 Å². The summed E-state index contributed by atoms with van der Waals surface area (Å²) in [7, 11) is -3.96. The number of amides is 1.